The molecule has 1 N–H and O–H groups in total. The van der Waals surface area contributed by atoms with Crippen LogP contribution >= 0.6 is 0 Å². The Bertz CT molecular complexity index is 420. The van der Waals surface area contributed by atoms with E-state index in [9.17, 15) is 13.2 Å². The van der Waals surface area contributed by atoms with E-state index in [-0.39, 0.29) is 0 Å². The van der Waals surface area contributed by atoms with Crippen LogP contribution in [-0.2, 0) is 15.0 Å². The molecule has 0 aromatic heterocycles. The smallest absolute Gasteiger partial charge is 0.309 e. The molecule has 0 radical (unpaired) electrons. The fourth-order valence-corrected chi connectivity index (χ4v) is 4.20. The van der Waals surface area contributed by atoms with Crippen LogP contribution in [0.2, 0.25) is 0 Å². The molecule has 2 fully saturated rings. The van der Waals surface area contributed by atoms with Crippen LogP contribution in [-0.4, -0.2) is 54.3 Å². The van der Waals surface area contributed by atoms with Crippen molar-refractivity contribution in [3.63, 3.8) is 0 Å². The molecule has 2 aliphatic heterocycles. The van der Waals surface area contributed by atoms with Crippen LogP contribution in [0.15, 0.2) is 0 Å². The molecule has 0 aromatic rings. The van der Waals surface area contributed by atoms with Gasteiger partial charge in [0, 0.05) is 26.2 Å². The lowest BCUT2D eigenvalue weighted by molar-refractivity contribution is -0.150. The van der Waals surface area contributed by atoms with Crippen molar-refractivity contribution in [2.75, 3.05) is 26.2 Å². The Morgan fingerprint density at radius 3 is 1.94 bits per heavy atom. The highest BCUT2D eigenvalue weighted by Gasteiger charge is 2.41. The maximum atomic E-state index is 12.3. The molecule has 0 saturated carbocycles. The molecule has 104 valence electrons. The van der Waals surface area contributed by atoms with Crippen LogP contribution in [0, 0.1) is 5.41 Å². The minimum absolute atomic E-state index is 0.307. The molecule has 2 heterocycles. The predicted octanol–water partition coefficient (Wildman–Crippen LogP) is 0.514. The Kier molecular flexibility index (Phi) is 3.66. The van der Waals surface area contributed by atoms with Crippen molar-refractivity contribution in [1.29, 1.82) is 0 Å². The molecule has 0 spiro atoms. The summed E-state index contributed by atoms with van der Waals surface area (Å²) >= 11 is 0. The van der Waals surface area contributed by atoms with Gasteiger partial charge in [-0.25, -0.2) is 0 Å². The zero-order valence-electron chi connectivity index (χ0n) is 10.6. The molecule has 0 aromatic carbocycles. The van der Waals surface area contributed by atoms with Gasteiger partial charge in [-0.05, 0) is 32.6 Å². The Balaban J connectivity index is 2.03. The lowest BCUT2D eigenvalue weighted by atomic mass is 9.81. The Morgan fingerprint density at radius 1 is 1.06 bits per heavy atom. The van der Waals surface area contributed by atoms with E-state index in [1.165, 1.54) is 8.61 Å². The number of hydrogen-bond donors (Lipinski definition) is 1. The van der Waals surface area contributed by atoms with Gasteiger partial charge in [-0.2, -0.15) is 17.0 Å². The standard InChI is InChI=1S/C11H20N2O4S/c1-11(10(14)15)4-8-13(9-5-11)18(16,17)12-6-2-3-7-12/h2-9H2,1H3,(H,14,15). The number of piperidine rings is 1. The fourth-order valence-electron chi connectivity index (χ4n) is 2.51. The number of carboxylic acids is 1. The van der Waals surface area contributed by atoms with E-state index in [0.717, 1.165) is 12.8 Å². The fraction of sp³-hybridized carbons (Fsp3) is 0.909. The summed E-state index contributed by atoms with van der Waals surface area (Å²) in [4.78, 5) is 11.1. The average Bonchev–Trinajstić information content (AvgIpc) is 2.83. The third-order valence-corrected chi connectivity index (χ3v) is 6.10. The Morgan fingerprint density at radius 2 is 1.50 bits per heavy atom. The molecular formula is C11H20N2O4S. The number of nitrogens with zero attached hydrogens (tertiary/aromatic N) is 2. The molecule has 7 heteroatoms. The first-order valence-electron chi connectivity index (χ1n) is 6.35. The summed E-state index contributed by atoms with van der Waals surface area (Å²) in [5.41, 5.74) is -0.781. The molecule has 0 aliphatic carbocycles. The molecule has 6 nitrogen and oxygen atoms in total. The van der Waals surface area contributed by atoms with Crippen LogP contribution < -0.4 is 0 Å². The monoisotopic (exact) mass is 276 g/mol. The summed E-state index contributed by atoms with van der Waals surface area (Å²) < 4.78 is 27.5. The van der Waals surface area contributed by atoms with Gasteiger partial charge in [-0.15, -0.1) is 0 Å². The van der Waals surface area contributed by atoms with Gasteiger partial charge in [0.15, 0.2) is 0 Å². The van der Waals surface area contributed by atoms with E-state index in [1.54, 1.807) is 6.92 Å². The van der Waals surface area contributed by atoms with Crippen molar-refractivity contribution in [1.82, 2.24) is 8.61 Å². The average molecular weight is 276 g/mol. The molecule has 18 heavy (non-hydrogen) atoms. The van der Waals surface area contributed by atoms with E-state index in [0.29, 0.717) is 39.0 Å². The van der Waals surface area contributed by atoms with Crippen molar-refractivity contribution in [3.05, 3.63) is 0 Å². The molecule has 0 unspecified atom stereocenters. The predicted molar refractivity (Wildman–Crippen MR) is 66.3 cm³/mol. The van der Waals surface area contributed by atoms with Crippen LogP contribution in [0.3, 0.4) is 0 Å². The first kappa shape index (κ1) is 13.8. The second-order valence-corrected chi connectivity index (χ2v) is 7.31. The largest absolute Gasteiger partial charge is 0.481 e. The van der Waals surface area contributed by atoms with Crippen molar-refractivity contribution in [3.8, 4) is 0 Å². The van der Waals surface area contributed by atoms with E-state index in [4.69, 9.17) is 5.11 Å². The summed E-state index contributed by atoms with van der Waals surface area (Å²) in [6.07, 6.45) is 2.60. The normalized spacial score (nSPS) is 26.3. The number of carboxylic acid groups (broad SMARTS) is 1. The van der Waals surface area contributed by atoms with E-state index in [2.05, 4.69) is 0 Å². The summed E-state index contributed by atoms with van der Waals surface area (Å²) in [6.45, 7) is 3.49. The highest BCUT2D eigenvalue weighted by Crippen LogP contribution is 2.33. The maximum Gasteiger partial charge on any atom is 0.309 e. The molecule has 0 atom stereocenters. The zero-order chi connectivity index (χ0) is 13.4. The topological polar surface area (TPSA) is 77.9 Å². The molecular weight excluding hydrogens is 256 g/mol. The maximum absolute atomic E-state index is 12.3. The molecule has 0 bridgehead atoms. The second-order valence-electron chi connectivity index (χ2n) is 5.38. The molecule has 2 rings (SSSR count). The highest BCUT2D eigenvalue weighted by molar-refractivity contribution is 7.86. The summed E-state index contributed by atoms with van der Waals surface area (Å²) in [6, 6.07) is 0. The van der Waals surface area contributed by atoms with E-state index < -0.39 is 21.6 Å². The van der Waals surface area contributed by atoms with Crippen LogP contribution in [0.5, 0.6) is 0 Å². The van der Waals surface area contributed by atoms with E-state index in [1.807, 2.05) is 0 Å². The van der Waals surface area contributed by atoms with Crippen molar-refractivity contribution >= 4 is 16.2 Å². The summed E-state index contributed by atoms with van der Waals surface area (Å²) in [7, 11) is -3.36. The highest BCUT2D eigenvalue weighted by atomic mass is 32.2. The summed E-state index contributed by atoms with van der Waals surface area (Å²) in [5, 5.41) is 9.12. The van der Waals surface area contributed by atoms with Gasteiger partial charge in [0.25, 0.3) is 10.2 Å². The number of hydrogen-bond acceptors (Lipinski definition) is 3. The van der Waals surface area contributed by atoms with Gasteiger partial charge in [0.2, 0.25) is 0 Å². The SMILES string of the molecule is CC1(C(=O)O)CCN(S(=O)(=O)N2CCCC2)CC1. The Hall–Kier alpha value is -0.660. The second kappa shape index (κ2) is 4.79. The molecule has 0 amide bonds. The number of carbonyl (C=O) groups is 1. The third-order valence-electron chi connectivity index (χ3n) is 4.06. The summed E-state index contributed by atoms with van der Waals surface area (Å²) in [5.74, 6) is -0.833. The lowest BCUT2D eigenvalue weighted by Gasteiger charge is -2.37. The van der Waals surface area contributed by atoms with Crippen molar-refractivity contribution < 1.29 is 18.3 Å². The lowest BCUT2D eigenvalue weighted by Crippen LogP contribution is -2.49. The van der Waals surface area contributed by atoms with Gasteiger partial charge < -0.3 is 5.11 Å². The number of aliphatic carboxylic acids is 1. The third kappa shape index (κ3) is 2.39. The van der Waals surface area contributed by atoms with Crippen LogP contribution in [0.4, 0.5) is 0 Å². The first-order chi connectivity index (χ1) is 8.36. The number of rotatable bonds is 3. The van der Waals surface area contributed by atoms with E-state index >= 15 is 0 Å². The van der Waals surface area contributed by atoms with Gasteiger partial charge in [0.1, 0.15) is 0 Å². The van der Waals surface area contributed by atoms with Crippen LogP contribution in [0.25, 0.3) is 0 Å². The van der Waals surface area contributed by atoms with Gasteiger partial charge in [-0.1, -0.05) is 0 Å². The van der Waals surface area contributed by atoms with Gasteiger partial charge in [0.05, 0.1) is 5.41 Å². The first-order valence-corrected chi connectivity index (χ1v) is 7.75. The van der Waals surface area contributed by atoms with Crippen LogP contribution in [0.1, 0.15) is 32.6 Å². The minimum Gasteiger partial charge on any atom is -0.481 e. The zero-order valence-corrected chi connectivity index (χ0v) is 11.4. The quantitative estimate of drug-likeness (QED) is 0.815. The minimum atomic E-state index is -3.36. The Labute approximate surface area is 108 Å². The van der Waals surface area contributed by atoms with Crippen molar-refractivity contribution in [2.24, 2.45) is 5.41 Å². The molecule has 2 aliphatic rings. The van der Waals surface area contributed by atoms with Crippen molar-refractivity contribution in [2.45, 2.75) is 32.6 Å². The van der Waals surface area contributed by atoms with Gasteiger partial charge in [-0.3, -0.25) is 4.79 Å². The van der Waals surface area contributed by atoms with Gasteiger partial charge >= 0.3 is 5.97 Å². The molecule has 2 saturated heterocycles.